The molecule has 0 aromatic rings. The summed E-state index contributed by atoms with van der Waals surface area (Å²) >= 11 is 0. The van der Waals surface area contributed by atoms with Crippen molar-refractivity contribution >= 4 is 23.9 Å². The van der Waals surface area contributed by atoms with Crippen LogP contribution >= 0.6 is 0 Å². The van der Waals surface area contributed by atoms with Crippen LogP contribution in [-0.2, 0) is 22.4 Å². The first-order valence-corrected chi connectivity index (χ1v) is 1.57. The summed E-state index contributed by atoms with van der Waals surface area (Å²) in [5.41, 5.74) is 0. The Morgan fingerprint density at radius 3 is 0.312 bits per heavy atom. The summed E-state index contributed by atoms with van der Waals surface area (Å²) in [6.45, 7) is 33.2. The van der Waals surface area contributed by atoms with Crippen molar-refractivity contribution in [1.82, 2.24) is 0 Å². The Kier molecular flexibility index (Phi) is 2680. The van der Waals surface area contributed by atoms with Crippen molar-refractivity contribution in [2.24, 2.45) is 0 Å². The van der Waals surface area contributed by atoms with E-state index in [1.54, 1.807) is 0 Å². The zero-order chi connectivity index (χ0) is 14.0. The molecule has 7 nitrogen and oxygen atoms in total. The van der Waals surface area contributed by atoms with Crippen LogP contribution in [0.4, 0.5) is 0 Å². The van der Waals surface area contributed by atoms with Crippen LogP contribution in [0, 0.1) is 82.8 Å². The van der Waals surface area contributed by atoms with Crippen LogP contribution in [0.3, 0.4) is 0 Å². The topological polar surface area (TPSA) is 167 Å². The Hall–Kier alpha value is -2.03. The molecular weight excluding hydrogens is 498 g/mol. The van der Waals surface area contributed by atoms with E-state index in [9.17, 15) is 0 Å². The number of nitrogens with zero attached hydrogens (tertiary/aromatic N) is 7. The van der Waals surface area contributed by atoms with Crippen LogP contribution in [-0.4, -0.2) is 23.9 Å². The van der Waals surface area contributed by atoms with Gasteiger partial charge in [-0.2, -0.15) is 0 Å². The second-order valence-corrected chi connectivity index (χ2v) is 0. The van der Waals surface area contributed by atoms with Crippen LogP contribution < -0.4 is 0 Å². The summed E-state index contributed by atoms with van der Waals surface area (Å²) in [5, 5.41) is 43.8. The molecule has 9 heteroatoms. The summed E-state index contributed by atoms with van der Waals surface area (Å²) in [5.74, 6) is 0. The summed E-state index contributed by atoms with van der Waals surface area (Å²) < 4.78 is 0. The fourth-order valence-electron chi connectivity index (χ4n) is 0. The molecule has 78 valence electrons. The first-order valence-electron chi connectivity index (χ1n) is 1.57. The Bertz CT molecular complexity index is 117. The van der Waals surface area contributed by atoms with E-state index < -0.39 is 0 Å². The van der Waals surface area contributed by atoms with Gasteiger partial charge in [-0.3, -0.25) is 0 Å². The van der Waals surface area contributed by atoms with Crippen molar-refractivity contribution in [1.29, 1.82) is 36.8 Å². The Labute approximate surface area is 128 Å². The van der Waals surface area contributed by atoms with Gasteiger partial charge in [0.1, 0.15) is 0 Å². The van der Waals surface area contributed by atoms with E-state index in [1.807, 2.05) is 0 Å². The average molecular weight is 498 g/mol. The second-order valence-electron chi connectivity index (χ2n) is 0. The first-order chi connectivity index (χ1) is 7.00. The van der Waals surface area contributed by atoms with Crippen LogP contribution in [0.25, 0.3) is 0 Å². The molecule has 0 heterocycles. The number of hydrogen-bond acceptors (Lipinski definition) is 7. The molecule has 0 saturated heterocycles. The van der Waals surface area contributed by atoms with Gasteiger partial charge in [0.2, 0.25) is 0 Å². The number of hydrogen-bond donors (Lipinski definition) is 0. The third-order valence-electron chi connectivity index (χ3n) is 0. The molecular formula is C7AuN7Sn. The van der Waals surface area contributed by atoms with Gasteiger partial charge in [-0.05, 0) is 0 Å². The zero-order valence-electron chi connectivity index (χ0n) is 7.43. The summed E-state index contributed by atoms with van der Waals surface area (Å²) in [6, 6.07) is 0. The molecule has 0 aromatic heterocycles. The second kappa shape index (κ2) is 450. The molecule has 0 aliphatic heterocycles. The predicted octanol–water partition coefficient (Wildman–Crippen LogP) is 0.291. The Morgan fingerprint density at radius 1 is 0.312 bits per heavy atom. The monoisotopic (exact) mass is 499 g/mol. The minimum Gasteiger partial charge on any atom is -0.512 e. The minimum absolute atomic E-state index is 0. The fourth-order valence-corrected chi connectivity index (χ4v) is 0. The molecule has 0 unspecified atom stereocenters. The molecule has 0 saturated carbocycles. The van der Waals surface area contributed by atoms with Gasteiger partial charge < -0.3 is 82.8 Å². The molecule has 16 heavy (non-hydrogen) atoms. The van der Waals surface area contributed by atoms with E-state index >= 15 is 0 Å². The van der Waals surface area contributed by atoms with E-state index in [-0.39, 0.29) is 46.3 Å². The van der Waals surface area contributed by atoms with Crippen molar-refractivity contribution in [3.63, 3.8) is 0 Å². The van der Waals surface area contributed by atoms with Gasteiger partial charge in [-0.15, -0.1) is 0 Å². The smallest absolute Gasteiger partial charge is 0.512 e. The van der Waals surface area contributed by atoms with Gasteiger partial charge in [0.25, 0.3) is 0 Å². The fraction of sp³-hybridized carbons (Fsp3) is 0. The third kappa shape index (κ3) is 349. The molecule has 0 fully saturated rings. The molecule has 0 bridgehead atoms. The van der Waals surface area contributed by atoms with E-state index in [0.29, 0.717) is 0 Å². The normalized spacial score (nSPS) is 0.875. The van der Waals surface area contributed by atoms with Gasteiger partial charge in [0.05, 0.1) is 0 Å². The SMILES string of the molecule is [Au+3].[C-]#N.[C-]#N.[C-]#N.[C-]#N.[C-]#N.[C-]#N.[C-]#N.[Sn+4]. The van der Waals surface area contributed by atoms with Gasteiger partial charge in [-0.1, -0.05) is 0 Å². The maximum absolute atomic E-state index is 6.25. The molecule has 0 aromatic carbocycles. The third-order valence-corrected chi connectivity index (χ3v) is 0. The maximum atomic E-state index is 6.25. The van der Waals surface area contributed by atoms with Gasteiger partial charge in [0, 0.05) is 0 Å². The Morgan fingerprint density at radius 2 is 0.312 bits per heavy atom. The molecule has 0 rings (SSSR count). The summed E-state index contributed by atoms with van der Waals surface area (Å²) in [6.07, 6.45) is 0. The predicted molar refractivity (Wildman–Crippen MR) is 40.5 cm³/mol. The van der Waals surface area contributed by atoms with E-state index in [0.717, 1.165) is 0 Å². The van der Waals surface area contributed by atoms with Gasteiger partial charge in [0.15, 0.2) is 0 Å². The standard InChI is InChI=1S/7CN.Au.Sn/c7*1-2;;/q7*-1;+3;+4. The number of rotatable bonds is 0. The first kappa shape index (κ1) is 95.2. The van der Waals surface area contributed by atoms with Crippen LogP contribution in [0.5, 0.6) is 0 Å². The summed E-state index contributed by atoms with van der Waals surface area (Å²) in [4.78, 5) is 0. The van der Waals surface area contributed by atoms with Crippen molar-refractivity contribution in [2.45, 2.75) is 0 Å². The zero-order valence-corrected chi connectivity index (χ0v) is 12.5. The molecule has 0 aliphatic rings. The quantitative estimate of drug-likeness (QED) is 0.342. The van der Waals surface area contributed by atoms with Crippen LogP contribution in [0.15, 0.2) is 0 Å². The van der Waals surface area contributed by atoms with Crippen molar-refractivity contribution < 1.29 is 22.4 Å². The van der Waals surface area contributed by atoms with Crippen molar-refractivity contribution in [3.05, 3.63) is 46.0 Å². The van der Waals surface area contributed by atoms with Crippen molar-refractivity contribution in [3.8, 4) is 0 Å². The van der Waals surface area contributed by atoms with E-state index in [4.69, 9.17) is 82.8 Å². The molecule has 0 amide bonds. The van der Waals surface area contributed by atoms with E-state index in [1.165, 1.54) is 0 Å². The minimum atomic E-state index is 0. The molecule has 0 radical (unpaired) electrons. The Balaban J connectivity index is -0.00000000500. The van der Waals surface area contributed by atoms with E-state index in [2.05, 4.69) is 0 Å². The molecule has 0 spiro atoms. The maximum Gasteiger partial charge on any atom is 4.00 e. The average Bonchev–Trinajstić information content (AvgIpc) is 2.45. The van der Waals surface area contributed by atoms with Gasteiger partial charge >= 0.3 is 46.3 Å². The van der Waals surface area contributed by atoms with Crippen LogP contribution in [0.2, 0.25) is 0 Å². The van der Waals surface area contributed by atoms with Crippen molar-refractivity contribution in [2.75, 3.05) is 0 Å². The summed E-state index contributed by atoms with van der Waals surface area (Å²) in [7, 11) is 0. The van der Waals surface area contributed by atoms with Crippen LogP contribution in [0.1, 0.15) is 0 Å². The largest absolute Gasteiger partial charge is 4.00 e. The molecule has 0 aliphatic carbocycles. The molecule has 0 N–H and O–H groups in total. The molecule has 0 atom stereocenters. The van der Waals surface area contributed by atoms with Gasteiger partial charge in [-0.25, -0.2) is 0 Å².